The second-order valence-corrected chi connectivity index (χ2v) is 8.47. The summed E-state index contributed by atoms with van der Waals surface area (Å²) in [6, 6.07) is 13.2. The van der Waals surface area contributed by atoms with Crippen molar-refractivity contribution >= 4 is 22.7 Å². The number of para-hydroxylation sites is 1. The van der Waals surface area contributed by atoms with Crippen molar-refractivity contribution in [1.29, 1.82) is 0 Å². The van der Waals surface area contributed by atoms with Crippen LogP contribution in [0, 0.1) is 6.92 Å². The first-order chi connectivity index (χ1) is 15.0. The number of aromatic nitrogens is 2. The Morgan fingerprint density at radius 3 is 2.68 bits per heavy atom. The zero-order chi connectivity index (χ0) is 22.0. The summed E-state index contributed by atoms with van der Waals surface area (Å²) in [5.41, 5.74) is 4.22. The number of nitrogens with zero attached hydrogens (tertiary/aromatic N) is 2. The molecule has 0 saturated carbocycles. The molecule has 7 heteroatoms. The Kier molecular flexibility index (Phi) is 6.13. The lowest BCUT2D eigenvalue weighted by Gasteiger charge is -2.12. The highest BCUT2D eigenvalue weighted by Gasteiger charge is 2.16. The molecule has 0 aliphatic heterocycles. The highest BCUT2D eigenvalue weighted by Crippen LogP contribution is 2.33. The van der Waals surface area contributed by atoms with Gasteiger partial charge in [0.05, 0.1) is 12.2 Å². The molecule has 0 unspecified atom stereocenters. The smallest absolute Gasteiger partial charge is 0.336 e. The van der Waals surface area contributed by atoms with E-state index in [-0.39, 0.29) is 5.63 Å². The summed E-state index contributed by atoms with van der Waals surface area (Å²) in [6.07, 6.45) is 0. The van der Waals surface area contributed by atoms with E-state index in [4.69, 9.17) is 13.6 Å². The molecule has 0 aliphatic carbocycles. The number of thioether (sulfide) groups is 1. The van der Waals surface area contributed by atoms with Crippen LogP contribution in [0.15, 0.2) is 61.3 Å². The van der Waals surface area contributed by atoms with Gasteiger partial charge in [-0.15, -0.1) is 10.2 Å². The monoisotopic (exact) mass is 436 g/mol. The maximum atomic E-state index is 12.1. The number of hydrogen-bond acceptors (Lipinski definition) is 7. The van der Waals surface area contributed by atoms with Crippen molar-refractivity contribution in [3.63, 3.8) is 0 Å². The third kappa shape index (κ3) is 4.51. The molecule has 0 fully saturated rings. The Hall–Kier alpha value is -3.06. The zero-order valence-electron chi connectivity index (χ0n) is 18.0. The van der Waals surface area contributed by atoms with Crippen molar-refractivity contribution < 1.29 is 13.6 Å². The van der Waals surface area contributed by atoms with Crippen molar-refractivity contribution in [3.05, 3.63) is 69.6 Å². The molecule has 4 rings (SSSR count). The van der Waals surface area contributed by atoms with Crippen LogP contribution < -0.4 is 10.4 Å². The highest BCUT2D eigenvalue weighted by atomic mass is 32.2. The van der Waals surface area contributed by atoms with E-state index in [0.717, 1.165) is 22.1 Å². The molecule has 0 spiro atoms. The Balaban J connectivity index is 1.62. The van der Waals surface area contributed by atoms with E-state index in [1.165, 1.54) is 23.4 Å². The average molecular weight is 437 g/mol. The number of aryl methyl sites for hydroxylation is 1. The second kappa shape index (κ2) is 8.98. The Morgan fingerprint density at radius 2 is 1.90 bits per heavy atom. The van der Waals surface area contributed by atoms with Gasteiger partial charge in [0.1, 0.15) is 11.3 Å². The Morgan fingerprint density at radius 1 is 1.10 bits per heavy atom. The number of fused-ring (bicyclic) bond motifs is 1. The van der Waals surface area contributed by atoms with Crippen molar-refractivity contribution in [2.75, 3.05) is 6.61 Å². The molecule has 31 heavy (non-hydrogen) atoms. The summed E-state index contributed by atoms with van der Waals surface area (Å²) in [5, 5.41) is 9.70. The van der Waals surface area contributed by atoms with E-state index < -0.39 is 0 Å². The van der Waals surface area contributed by atoms with Crippen LogP contribution in [0.4, 0.5) is 0 Å². The molecule has 0 amide bonds. The first kappa shape index (κ1) is 21.2. The quantitative estimate of drug-likeness (QED) is 0.261. The lowest BCUT2D eigenvalue weighted by atomic mass is 9.95. The molecule has 0 saturated heterocycles. The van der Waals surface area contributed by atoms with E-state index in [1.54, 1.807) is 0 Å². The molecule has 2 heterocycles. The molecule has 0 N–H and O–H groups in total. The topological polar surface area (TPSA) is 78.4 Å². The minimum absolute atomic E-state index is 0.364. The summed E-state index contributed by atoms with van der Waals surface area (Å²) in [7, 11) is 0. The molecule has 160 valence electrons. The predicted molar refractivity (Wildman–Crippen MR) is 122 cm³/mol. The van der Waals surface area contributed by atoms with Gasteiger partial charge in [-0.25, -0.2) is 4.79 Å². The van der Waals surface area contributed by atoms with E-state index >= 15 is 0 Å². The molecule has 6 nitrogen and oxygen atoms in total. The van der Waals surface area contributed by atoms with Gasteiger partial charge in [0, 0.05) is 17.2 Å². The molecule has 0 atom stereocenters. The number of benzene rings is 2. The molecule has 0 bridgehead atoms. The predicted octanol–water partition coefficient (Wildman–Crippen LogP) is 5.97. The van der Waals surface area contributed by atoms with E-state index in [9.17, 15) is 4.79 Å². The van der Waals surface area contributed by atoms with Gasteiger partial charge in [0.2, 0.25) is 0 Å². The fourth-order valence-electron chi connectivity index (χ4n) is 3.57. The van der Waals surface area contributed by atoms with Gasteiger partial charge in [-0.1, -0.05) is 37.7 Å². The summed E-state index contributed by atoms with van der Waals surface area (Å²) in [4.78, 5) is 12.1. The van der Waals surface area contributed by atoms with Crippen LogP contribution in [0.2, 0.25) is 0 Å². The molecule has 2 aromatic heterocycles. The molecule has 4 aromatic rings. The summed E-state index contributed by atoms with van der Waals surface area (Å²) in [6.45, 7) is 8.83. The fourth-order valence-corrected chi connectivity index (χ4v) is 4.33. The minimum Gasteiger partial charge on any atom is -0.493 e. The molecular weight excluding hydrogens is 412 g/mol. The standard InChI is InChI=1S/C24H24N2O4S/c1-5-28-20-9-7-6-8-17(20)23-25-26-24(30-23)31-13-16-11-22(27)29-21-10-15(4)18(14(2)3)12-19(16)21/h6-12,14H,5,13H2,1-4H3. The highest BCUT2D eigenvalue weighted by molar-refractivity contribution is 7.98. The summed E-state index contributed by atoms with van der Waals surface area (Å²) in [5.74, 6) is 1.99. The second-order valence-electron chi connectivity index (χ2n) is 7.54. The van der Waals surface area contributed by atoms with Crippen LogP contribution in [-0.2, 0) is 5.75 Å². The summed E-state index contributed by atoms with van der Waals surface area (Å²) < 4.78 is 17.0. The number of hydrogen-bond donors (Lipinski definition) is 0. The zero-order valence-corrected chi connectivity index (χ0v) is 18.8. The molecule has 2 aromatic carbocycles. The van der Waals surface area contributed by atoms with Gasteiger partial charge in [-0.2, -0.15) is 0 Å². The van der Waals surface area contributed by atoms with Crippen LogP contribution in [0.1, 0.15) is 43.4 Å². The minimum atomic E-state index is -0.364. The maximum absolute atomic E-state index is 12.1. The van der Waals surface area contributed by atoms with Crippen molar-refractivity contribution in [2.45, 2.75) is 44.6 Å². The Bertz CT molecular complexity index is 1280. The first-order valence-electron chi connectivity index (χ1n) is 10.2. The van der Waals surface area contributed by atoms with Gasteiger partial charge in [-0.05, 0) is 60.7 Å². The van der Waals surface area contributed by atoms with E-state index in [0.29, 0.717) is 40.7 Å². The van der Waals surface area contributed by atoms with Crippen LogP contribution in [0.3, 0.4) is 0 Å². The maximum Gasteiger partial charge on any atom is 0.336 e. The van der Waals surface area contributed by atoms with Gasteiger partial charge < -0.3 is 13.6 Å². The molecule has 0 aliphatic rings. The van der Waals surface area contributed by atoms with Gasteiger partial charge in [0.25, 0.3) is 11.1 Å². The third-order valence-corrected chi connectivity index (χ3v) is 5.88. The molecular formula is C24H24N2O4S. The average Bonchev–Trinajstić information content (AvgIpc) is 3.20. The molecule has 0 radical (unpaired) electrons. The Labute approximate surface area is 184 Å². The number of rotatable bonds is 7. The van der Waals surface area contributed by atoms with Crippen LogP contribution in [-0.4, -0.2) is 16.8 Å². The largest absolute Gasteiger partial charge is 0.493 e. The van der Waals surface area contributed by atoms with E-state index in [2.05, 4.69) is 30.1 Å². The normalized spacial score (nSPS) is 11.4. The SMILES string of the molecule is CCOc1ccccc1-c1nnc(SCc2cc(=O)oc3cc(C)c(C(C)C)cc23)o1. The van der Waals surface area contributed by atoms with Gasteiger partial charge in [0.15, 0.2) is 0 Å². The van der Waals surface area contributed by atoms with Crippen molar-refractivity contribution in [3.8, 4) is 17.2 Å². The fraction of sp³-hybridized carbons (Fsp3) is 0.292. The van der Waals surface area contributed by atoms with Gasteiger partial charge in [-0.3, -0.25) is 0 Å². The number of ether oxygens (including phenoxy) is 1. The lowest BCUT2D eigenvalue weighted by molar-refractivity contribution is 0.340. The van der Waals surface area contributed by atoms with Crippen LogP contribution >= 0.6 is 11.8 Å². The lowest BCUT2D eigenvalue weighted by Crippen LogP contribution is -2.02. The van der Waals surface area contributed by atoms with E-state index in [1.807, 2.05) is 44.2 Å². The first-order valence-corrected chi connectivity index (χ1v) is 11.2. The van der Waals surface area contributed by atoms with Crippen LogP contribution in [0.5, 0.6) is 5.75 Å². The van der Waals surface area contributed by atoms with Crippen LogP contribution in [0.25, 0.3) is 22.4 Å². The summed E-state index contributed by atoms with van der Waals surface area (Å²) >= 11 is 1.39. The third-order valence-electron chi connectivity index (χ3n) is 5.01. The van der Waals surface area contributed by atoms with Crippen molar-refractivity contribution in [2.24, 2.45) is 0 Å². The van der Waals surface area contributed by atoms with Crippen molar-refractivity contribution in [1.82, 2.24) is 10.2 Å². The van der Waals surface area contributed by atoms with Gasteiger partial charge >= 0.3 is 5.63 Å².